The van der Waals surface area contributed by atoms with Crippen molar-refractivity contribution in [3.8, 4) is 5.69 Å². The van der Waals surface area contributed by atoms with Crippen LogP contribution in [0.15, 0.2) is 54.1 Å². The van der Waals surface area contributed by atoms with Gasteiger partial charge in [-0.05, 0) is 84.5 Å². The van der Waals surface area contributed by atoms with Crippen molar-refractivity contribution in [1.82, 2.24) is 9.88 Å². The summed E-state index contributed by atoms with van der Waals surface area (Å²) in [6.45, 7) is 3.85. The monoisotopic (exact) mass is 579 g/mol. The number of aromatic nitrogens is 1. The van der Waals surface area contributed by atoms with Crippen LogP contribution in [0.25, 0.3) is 11.8 Å². The Bertz CT molecular complexity index is 1330. The Morgan fingerprint density at radius 3 is 2.44 bits per heavy atom. The molecule has 0 radical (unpaired) electrons. The van der Waals surface area contributed by atoms with Crippen molar-refractivity contribution in [3.05, 3.63) is 84.7 Å². The van der Waals surface area contributed by atoms with Crippen LogP contribution >= 0.6 is 45.8 Å². The first kappa shape index (κ1) is 22.6. The number of halogens is 3. The van der Waals surface area contributed by atoms with Gasteiger partial charge in [0.05, 0.1) is 15.7 Å². The van der Waals surface area contributed by atoms with Crippen LogP contribution in [0.3, 0.4) is 0 Å². The fraction of sp³-hybridized carbons (Fsp3) is 0.0870. The SMILES string of the molecule is Cc1cc(/C=C2\C(=O)NC(=O)N(c3cccc(Cl)c3Cl)C2=O)c(C)n1-c1cccc(I)c1. The Morgan fingerprint density at radius 1 is 1.00 bits per heavy atom. The topological polar surface area (TPSA) is 71.4 Å². The molecule has 162 valence electrons. The lowest BCUT2D eigenvalue weighted by Crippen LogP contribution is -2.54. The lowest BCUT2D eigenvalue weighted by Gasteiger charge is -2.27. The van der Waals surface area contributed by atoms with Gasteiger partial charge in [-0.15, -0.1) is 0 Å². The molecule has 1 fully saturated rings. The minimum atomic E-state index is -0.884. The summed E-state index contributed by atoms with van der Waals surface area (Å²) in [5.74, 6) is -1.55. The summed E-state index contributed by atoms with van der Waals surface area (Å²) < 4.78 is 3.12. The first-order valence-electron chi connectivity index (χ1n) is 9.49. The molecule has 0 bridgehead atoms. The molecule has 2 aromatic carbocycles. The second-order valence-corrected chi connectivity index (χ2v) is 9.20. The van der Waals surface area contributed by atoms with Crippen molar-refractivity contribution in [2.24, 2.45) is 0 Å². The summed E-state index contributed by atoms with van der Waals surface area (Å²) in [6.07, 6.45) is 1.49. The van der Waals surface area contributed by atoms with E-state index in [0.717, 1.165) is 25.5 Å². The minimum absolute atomic E-state index is 0.0447. The van der Waals surface area contributed by atoms with Crippen LogP contribution in [-0.2, 0) is 9.59 Å². The molecule has 1 N–H and O–H groups in total. The molecule has 0 saturated carbocycles. The maximum absolute atomic E-state index is 13.2. The highest BCUT2D eigenvalue weighted by atomic mass is 127. The molecule has 32 heavy (non-hydrogen) atoms. The molecule has 4 amide bonds. The lowest BCUT2D eigenvalue weighted by atomic mass is 10.1. The van der Waals surface area contributed by atoms with E-state index >= 15 is 0 Å². The number of aryl methyl sites for hydroxylation is 1. The van der Waals surface area contributed by atoms with E-state index in [1.54, 1.807) is 12.1 Å². The molecule has 1 aliphatic heterocycles. The molecular weight excluding hydrogens is 564 g/mol. The molecule has 0 atom stereocenters. The number of anilines is 1. The van der Waals surface area contributed by atoms with Gasteiger partial charge in [0.1, 0.15) is 5.57 Å². The number of barbiturate groups is 1. The average molecular weight is 580 g/mol. The molecule has 1 saturated heterocycles. The highest BCUT2D eigenvalue weighted by Crippen LogP contribution is 2.34. The summed E-state index contributed by atoms with van der Waals surface area (Å²) in [4.78, 5) is 39.0. The molecule has 1 aliphatic rings. The fourth-order valence-electron chi connectivity index (χ4n) is 3.64. The molecule has 4 rings (SSSR count). The second kappa shape index (κ2) is 8.73. The third kappa shape index (κ3) is 3.96. The van der Waals surface area contributed by atoms with Crippen LogP contribution in [0, 0.1) is 17.4 Å². The second-order valence-electron chi connectivity index (χ2n) is 7.17. The number of nitrogens with one attached hydrogen (secondary N) is 1. The normalized spacial score (nSPS) is 15.5. The molecule has 3 aromatic rings. The number of carbonyl (C=O) groups excluding carboxylic acids is 3. The third-order valence-electron chi connectivity index (χ3n) is 5.11. The summed E-state index contributed by atoms with van der Waals surface area (Å²) in [5, 5.41) is 2.44. The van der Waals surface area contributed by atoms with Crippen LogP contribution in [0.2, 0.25) is 10.0 Å². The number of hydrogen-bond acceptors (Lipinski definition) is 3. The molecule has 0 unspecified atom stereocenters. The maximum atomic E-state index is 13.2. The van der Waals surface area contributed by atoms with Gasteiger partial charge in [0.2, 0.25) is 0 Å². The molecule has 9 heteroatoms. The number of hydrogen-bond donors (Lipinski definition) is 1. The Morgan fingerprint density at radius 2 is 1.72 bits per heavy atom. The first-order chi connectivity index (χ1) is 15.2. The van der Waals surface area contributed by atoms with Crippen molar-refractivity contribution < 1.29 is 14.4 Å². The minimum Gasteiger partial charge on any atom is -0.318 e. The predicted octanol–water partition coefficient (Wildman–Crippen LogP) is 5.67. The van der Waals surface area contributed by atoms with Gasteiger partial charge in [-0.3, -0.25) is 14.9 Å². The number of nitrogens with zero attached hydrogens (tertiary/aromatic N) is 2. The van der Waals surface area contributed by atoms with Crippen molar-refractivity contribution in [1.29, 1.82) is 0 Å². The molecular formula is C23H16Cl2IN3O3. The number of imide groups is 2. The molecule has 2 heterocycles. The standard InChI is InChI=1S/C23H16Cl2IN3O3/c1-12-9-14(13(2)28(12)16-6-3-5-15(26)11-16)10-17-21(30)27-23(32)29(22(17)31)19-8-4-7-18(24)20(19)25/h3-11H,1-2H3,(H,27,30,32)/b17-10+. The van der Waals surface area contributed by atoms with E-state index < -0.39 is 17.8 Å². The van der Waals surface area contributed by atoms with Crippen LogP contribution in [0.4, 0.5) is 10.5 Å². The molecule has 6 nitrogen and oxygen atoms in total. The predicted molar refractivity (Wildman–Crippen MR) is 133 cm³/mol. The van der Waals surface area contributed by atoms with Gasteiger partial charge in [0, 0.05) is 20.6 Å². The fourth-order valence-corrected chi connectivity index (χ4v) is 4.55. The van der Waals surface area contributed by atoms with Gasteiger partial charge in [-0.1, -0.05) is 35.3 Å². The van der Waals surface area contributed by atoms with Gasteiger partial charge in [-0.2, -0.15) is 0 Å². The van der Waals surface area contributed by atoms with Crippen LogP contribution in [0.1, 0.15) is 17.0 Å². The van der Waals surface area contributed by atoms with E-state index in [4.69, 9.17) is 23.2 Å². The van der Waals surface area contributed by atoms with E-state index in [9.17, 15) is 14.4 Å². The van der Waals surface area contributed by atoms with E-state index in [0.29, 0.717) is 5.56 Å². The van der Waals surface area contributed by atoms with Crippen molar-refractivity contribution in [2.75, 3.05) is 4.90 Å². The molecule has 0 aliphatic carbocycles. The van der Waals surface area contributed by atoms with Gasteiger partial charge >= 0.3 is 6.03 Å². The highest BCUT2D eigenvalue weighted by Gasteiger charge is 2.38. The largest absolute Gasteiger partial charge is 0.336 e. The van der Waals surface area contributed by atoms with Gasteiger partial charge in [-0.25, -0.2) is 9.69 Å². The smallest absolute Gasteiger partial charge is 0.318 e. The number of urea groups is 1. The van der Waals surface area contributed by atoms with Crippen molar-refractivity contribution in [2.45, 2.75) is 13.8 Å². The Labute approximate surface area is 207 Å². The van der Waals surface area contributed by atoms with E-state index in [1.807, 2.05) is 48.7 Å². The van der Waals surface area contributed by atoms with Crippen LogP contribution < -0.4 is 10.2 Å². The van der Waals surface area contributed by atoms with Crippen LogP contribution in [-0.4, -0.2) is 22.4 Å². The molecule has 0 spiro atoms. The summed E-state index contributed by atoms with van der Waals surface area (Å²) >= 11 is 14.5. The summed E-state index contributed by atoms with van der Waals surface area (Å²) in [6, 6.07) is 13.6. The maximum Gasteiger partial charge on any atom is 0.336 e. The lowest BCUT2D eigenvalue weighted by molar-refractivity contribution is -0.122. The number of benzene rings is 2. The van der Waals surface area contributed by atoms with Gasteiger partial charge in [0.25, 0.3) is 11.8 Å². The summed E-state index contributed by atoms with van der Waals surface area (Å²) in [5.41, 5.74) is 3.37. The molecule has 1 aromatic heterocycles. The van der Waals surface area contributed by atoms with Gasteiger partial charge < -0.3 is 4.57 Å². The Balaban J connectivity index is 1.79. The zero-order chi connectivity index (χ0) is 23.2. The zero-order valence-corrected chi connectivity index (χ0v) is 20.6. The van der Waals surface area contributed by atoms with Crippen molar-refractivity contribution in [3.63, 3.8) is 0 Å². The van der Waals surface area contributed by atoms with E-state index in [1.165, 1.54) is 12.1 Å². The number of rotatable bonds is 3. The first-order valence-corrected chi connectivity index (χ1v) is 11.3. The summed E-state index contributed by atoms with van der Waals surface area (Å²) in [7, 11) is 0. The Kier molecular flexibility index (Phi) is 6.15. The van der Waals surface area contributed by atoms with E-state index in [-0.39, 0.29) is 21.3 Å². The number of amides is 4. The number of carbonyl (C=O) groups is 3. The quantitative estimate of drug-likeness (QED) is 0.247. The van der Waals surface area contributed by atoms with Crippen molar-refractivity contribution >= 4 is 75.4 Å². The zero-order valence-electron chi connectivity index (χ0n) is 16.9. The Hall–Kier alpha value is -2.62. The van der Waals surface area contributed by atoms with Gasteiger partial charge in [0.15, 0.2) is 0 Å². The highest BCUT2D eigenvalue weighted by molar-refractivity contribution is 14.1. The van der Waals surface area contributed by atoms with Crippen LogP contribution in [0.5, 0.6) is 0 Å². The van der Waals surface area contributed by atoms with E-state index in [2.05, 4.69) is 27.9 Å². The average Bonchev–Trinajstić information content (AvgIpc) is 3.01. The third-order valence-corrected chi connectivity index (χ3v) is 6.59.